The molecule has 7 nitrogen and oxygen atoms in total. The highest BCUT2D eigenvalue weighted by molar-refractivity contribution is 5.99. The zero-order valence-electron chi connectivity index (χ0n) is 11.4. The molecular formula is C12H11F3N2O5. The van der Waals surface area contributed by atoms with Gasteiger partial charge < -0.3 is 10.0 Å². The molecule has 0 aromatic heterocycles. The van der Waals surface area contributed by atoms with E-state index in [0.717, 1.165) is 14.0 Å². The van der Waals surface area contributed by atoms with Crippen molar-refractivity contribution in [1.29, 1.82) is 0 Å². The van der Waals surface area contributed by atoms with Gasteiger partial charge in [-0.15, -0.1) is 0 Å². The molecule has 1 N–H and O–H groups in total. The predicted molar refractivity (Wildman–Crippen MR) is 67.3 cm³/mol. The molecule has 1 rings (SSSR count). The first-order chi connectivity index (χ1) is 9.96. The van der Waals surface area contributed by atoms with Crippen molar-refractivity contribution in [2.45, 2.75) is 19.1 Å². The van der Waals surface area contributed by atoms with Crippen molar-refractivity contribution < 1.29 is 32.8 Å². The van der Waals surface area contributed by atoms with Crippen molar-refractivity contribution in [3.63, 3.8) is 0 Å². The minimum atomic E-state index is -4.80. The van der Waals surface area contributed by atoms with Crippen molar-refractivity contribution in [2.24, 2.45) is 0 Å². The zero-order chi connectivity index (χ0) is 17.2. The minimum Gasteiger partial charge on any atom is -0.480 e. The molecule has 0 radical (unpaired) electrons. The Labute approximate surface area is 122 Å². The lowest BCUT2D eigenvalue weighted by molar-refractivity contribution is -0.385. The van der Waals surface area contributed by atoms with Crippen LogP contribution in [0.5, 0.6) is 0 Å². The summed E-state index contributed by atoms with van der Waals surface area (Å²) in [6, 6.07) is 0.134. The van der Waals surface area contributed by atoms with Gasteiger partial charge in [-0.1, -0.05) is 0 Å². The third-order valence-electron chi connectivity index (χ3n) is 3.01. The molecule has 0 aliphatic heterocycles. The number of nitro benzene ring substituents is 1. The normalized spacial score (nSPS) is 12.6. The van der Waals surface area contributed by atoms with E-state index in [9.17, 15) is 32.9 Å². The van der Waals surface area contributed by atoms with Crippen molar-refractivity contribution >= 4 is 17.6 Å². The molecule has 22 heavy (non-hydrogen) atoms. The van der Waals surface area contributed by atoms with Crippen molar-refractivity contribution in [1.82, 2.24) is 4.90 Å². The van der Waals surface area contributed by atoms with Crippen LogP contribution in [-0.4, -0.2) is 39.9 Å². The van der Waals surface area contributed by atoms with E-state index in [1.165, 1.54) is 0 Å². The van der Waals surface area contributed by atoms with Crippen LogP contribution in [0.1, 0.15) is 22.8 Å². The Morgan fingerprint density at radius 2 is 1.91 bits per heavy atom. The van der Waals surface area contributed by atoms with Gasteiger partial charge in [0.1, 0.15) is 11.6 Å². The van der Waals surface area contributed by atoms with Crippen molar-refractivity contribution in [2.75, 3.05) is 7.05 Å². The van der Waals surface area contributed by atoms with Gasteiger partial charge in [-0.2, -0.15) is 13.2 Å². The zero-order valence-corrected chi connectivity index (χ0v) is 11.4. The molecule has 0 heterocycles. The molecule has 0 spiro atoms. The standard InChI is InChI=1S/C12H11F3N2O5/c1-6(11(19)20)16(2)10(18)8-4-3-7(12(13,14)15)5-9(8)17(21)22/h3-6H,1-2H3,(H,19,20). The van der Waals surface area contributed by atoms with E-state index in [-0.39, 0.29) is 6.07 Å². The molecule has 1 atom stereocenters. The Morgan fingerprint density at radius 3 is 2.32 bits per heavy atom. The lowest BCUT2D eigenvalue weighted by Gasteiger charge is -2.21. The van der Waals surface area contributed by atoms with Gasteiger partial charge in [0.15, 0.2) is 0 Å². The van der Waals surface area contributed by atoms with Crippen LogP contribution in [0, 0.1) is 10.1 Å². The molecule has 120 valence electrons. The Morgan fingerprint density at radius 1 is 1.36 bits per heavy atom. The maximum absolute atomic E-state index is 12.6. The molecule has 0 bridgehead atoms. The summed E-state index contributed by atoms with van der Waals surface area (Å²) in [7, 11) is 1.09. The molecule has 0 saturated heterocycles. The van der Waals surface area contributed by atoms with Gasteiger partial charge in [-0.05, 0) is 19.1 Å². The van der Waals surface area contributed by atoms with Crippen LogP contribution in [0.2, 0.25) is 0 Å². The number of halogens is 3. The molecule has 10 heteroatoms. The summed E-state index contributed by atoms with van der Waals surface area (Å²) in [5.41, 5.74) is -2.93. The van der Waals surface area contributed by atoms with Gasteiger partial charge in [0, 0.05) is 13.1 Å². The molecule has 1 aromatic carbocycles. The molecule has 1 amide bonds. The van der Waals surface area contributed by atoms with Crippen LogP contribution >= 0.6 is 0 Å². The van der Waals surface area contributed by atoms with Crippen LogP contribution in [0.3, 0.4) is 0 Å². The maximum atomic E-state index is 12.6. The average Bonchev–Trinajstić information content (AvgIpc) is 2.42. The maximum Gasteiger partial charge on any atom is 0.416 e. The van der Waals surface area contributed by atoms with Crippen LogP contribution in [0.25, 0.3) is 0 Å². The van der Waals surface area contributed by atoms with Gasteiger partial charge in [0.2, 0.25) is 0 Å². The van der Waals surface area contributed by atoms with Crippen molar-refractivity contribution in [3.8, 4) is 0 Å². The number of carboxylic acid groups (broad SMARTS) is 1. The van der Waals surface area contributed by atoms with E-state index >= 15 is 0 Å². The smallest absolute Gasteiger partial charge is 0.416 e. The molecule has 0 fully saturated rings. The topological polar surface area (TPSA) is 101 Å². The molecule has 0 aliphatic rings. The first-order valence-electron chi connectivity index (χ1n) is 5.82. The number of carboxylic acids is 1. The van der Waals surface area contributed by atoms with Crippen LogP contribution in [0.15, 0.2) is 18.2 Å². The summed E-state index contributed by atoms with van der Waals surface area (Å²) in [6.45, 7) is 1.16. The number of carbonyl (C=O) groups excluding carboxylic acids is 1. The van der Waals surface area contributed by atoms with E-state index in [1.807, 2.05) is 0 Å². The number of alkyl halides is 3. The lowest BCUT2D eigenvalue weighted by Crippen LogP contribution is -2.40. The summed E-state index contributed by atoms with van der Waals surface area (Å²) in [5.74, 6) is -2.42. The van der Waals surface area contributed by atoms with Crippen LogP contribution in [-0.2, 0) is 11.0 Å². The number of hydrogen-bond donors (Lipinski definition) is 1. The van der Waals surface area contributed by atoms with Gasteiger partial charge in [0.25, 0.3) is 11.6 Å². The second-order valence-corrected chi connectivity index (χ2v) is 4.42. The number of amides is 1. The highest BCUT2D eigenvalue weighted by atomic mass is 19.4. The first-order valence-corrected chi connectivity index (χ1v) is 5.82. The van der Waals surface area contributed by atoms with E-state index in [2.05, 4.69) is 0 Å². The Kier molecular flexibility index (Phi) is 4.74. The van der Waals surface area contributed by atoms with Gasteiger partial charge in [-0.25, -0.2) is 4.79 Å². The molecule has 1 unspecified atom stereocenters. The second kappa shape index (κ2) is 6.00. The lowest BCUT2D eigenvalue weighted by atomic mass is 10.1. The van der Waals surface area contributed by atoms with Crippen molar-refractivity contribution in [3.05, 3.63) is 39.4 Å². The number of aliphatic carboxylic acids is 1. The number of carbonyl (C=O) groups is 2. The SMILES string of the molecule is CC(C(=O)O)N(C)C(=O)c1ccc(C(F)(F)F)cc1[N+](=O)[O-]. The molecule has 1 aromatic rings. The number of nitro groups is 1. The number of likely N-dealkylation sites (N-methyl/N-ethyl adjacent to an activating group) is 1. The second-order valence-electron chi connectivity index (χ2n) is 4.42. The van der Waals surface area contributed by atoms with Gasteiger partial charge in [-0.3, -0.25) is 14.9 Å². The Hall–Kier alpha value is -2.65. The number of benzene rings is 1. The van der Waals surface area contributed by atoms with E-state index in [0.29, 0.717) is 17.0 Å². The van der Waals surface area contributed by atoms with Crippen LogP contribution in [0.4, 0.5) is 18.9 Å². The third kappa shape index (κ3) is 3.51. The average molecular weight is 320 g/mol. The highest BCUT2D eigenvalue weighted by Gasteiger charge is 2.35. The Bertz CT molecular complexity index is 630. The fourth-order valence-electron chi connectivity index (χ4n) is 1.57. The minimum absolute atomic E-state index is 0.243. The fourth-order valence-corrected chi connectivity index (χ4v) is 1.57. The fraction of sp³-hybridized carbons (Fsp3) is 0.333. The summed E-state index contributed by atoms with van der Waals surface area (Å²) in [6.07, 6.45) is -4.80. The number of rotatable bonds is 4. The molecular weight excluding hydrogens is 309 g/mol. The summed E-state index contributed by atoms with van der Waals surface area (Å²) >= 11 is 0. The molecule has 0 saturated carbocycles. The Balaban J connectivity index is 3.33. The number of hydrogen-bond acceptors (Lipinski definition) is 4. The summed E-state index contributed by atoms with van der Waals surface area (Å²) < 4.78 is 37.7. The quantitative estimate of drug-likeness (QED) is 0.676. The molecule has 0 aliphatic carbocycles. The first kappa shape index (κ1) is 17.4. The van der Waals surface area contributed by atoms with E-state index in [4.69, 9.17) is 5.11 Å². The van der Waals surface area contributed by atoms with Crippen LogP contribution < -0.4 is 0 Å². The highest BCUT2D eigenvalue weighted by Crippen LogP contribution is 2.33. The third-order valence-corrected chi connectivity index (χ3v) is 3.01. The number of nitrogens with zero attached hydrogens (tertiary/aromatic N) is 2. The monoisotopic (exact) mass is 320 g/mol. The predicted octanol–water partition coefficient (Wildman–Crippen LogP) is 2.16. The van der Waals surface area contributed by atoms with E-state index in [1.54, 1.807) is 0 Å². The van der Waals surface area contributed by atoms with Gasteiger partial charge >= 0.3 is 12.1 Å². The summed E-state index contributed by atoms with van der Waals surface area (Å²) in [4.78, 5) is 33.3. The van der Waals surface area contributed by atoms with Gasteiger partial charge in [0.05, 0.1) is 10.5 Å². The largest absolute Gasteiger partial charge is 0.480 e. The van der Waals surface area contributed by atoms with E-state index < -0.39 is 45.8 Å². The summed E-state index contributed by atoms with van der Waals surface area (Å²) in [5, 5.41) is 19.7.